The minimum absolute atomic E-state index is 0.308. The number of amides is 1. The third-order valence-electron chi connectivity index (χ3n) is 5.52. The molecule has 0 aliphatic rings. The predicted octanol–water partition coefficient (Wildman–Crippen LogP) is 6.60. The molecule has 0 fully saturated rings. The molecule has 1 amide bonds. The van der Waals surface area contributed by atoms with Gasteiger partial charge in [-0.15, -0.1) is 10.2 Å². The van der Waals surface area contributed by atoms with Crippen molar-refractivity contribution in [2.24, 2.45) is 0 Å². The Morgan fingerprint density at radius 3 is 2.43 bits per heavy atom. The molecule has 218 valence electrons. The number of hydrogen-bond donors (Lipinski definition) is 2. The van der Waals surface area contributed by atoms with Crippen molar-refractivity contribution in [2.45, 2.75) is 12.6 Å². The highest BCUT2D eigenvalue weighted by Gasteiger charge is 2.38. The van der Waals surface area contributed by atoms with Crippen molar-refractivity contribution in [3.63, 3.8) is 0 Å². The number of carboxylic acids is 1. The van der Waals surface area contributed by atoms with E-state index in [1.165, 1.54) is 11.3 Å². The van der Waals surface area contributed by atoms with Gasteiger partial charge in [0.2, 0.25) is 5.13 Å². The fourth-order valence-corrected chi connectivity index (χ4v) is 4.77. The van der Waals surface area contributed by atoms with E-state index in [-0.39, 0.29) is 5.91 Å². The summed E-state index contributed by atoms with van der Waals surface area (Å²) in [7, 11) is 3.19. The van der Waals surface area contributed by atoms with Gasteiger partial charge in [0, 0.05) is 16.3 Å². The lowest BCUT2D eigenvalue weighted by Crippen LogP contribution is -2.21. The van der Waals surface area contributed by atoms with Gasteiger partial charge in [0.05, 0.1) is 31.6 Å². The fourth-order valence-electron chi connectivity index (χ4n) is 3.64. The second-order valence-corrected chi connectivity index (χ2v) is 10.3. The standard InChI is InChI=1S/C25H19BrN4O4S.C2HF3O2/c1-32-21-8-5-14(10-22(21)33-2)11-23-29-30-25(35-23)28-24(31)17-13-19(20-4-3-9-34-20)27-18-7-6-15(26)12-16(17)18;3-2(4,5)1(6)7/h3-10,12-13H,11H2,1-2H3,(H,28,30,31);(H,6,7). The molecule has 0 unspecified atom stereocenters. The molecule has 2 N–H and O–H groups in total. The van der Waals surface area contributed by atoms with Gasteiger partial charge < -0.3 is 19.0 Å². The Hall–Kier alpha value is -4.50. The minimum Gasteiger partial charge on any atom is -0.493 e. The Morgan fingerprint density at radius 2 is 1.79 bits per heavy atom. The lowest BCUT2D eigenvalue weighted by Gasteiger charge is -2.09. The van der Waals surface area contributed by atoms with Crippen molar-refractivity contribution in [2.75, 3.05) is 19.5 Å². The quantitative estimate of drug-likeness (QED) is 0.197. The number of hydrogen-bond acceptors (Lipinski definition) is 9. The van der Waals surface area contributed by atoms with Crippen LogP contribution < -0.4 is 14.8 Å². The number of furan rings is 1. The molecule has 0 atom stereocenters. The second-order valence-electron chi connectivity index (χ2n) is 8.32. The van der Waals surface area contributed by atoms with Gasteiger partial charge in [-0.25, -0.2) is 9.78 Å². The number of benzene rings is 2. The third-order valence-corrected chi connectivity index (χ3v) is 6.85. The lowest BCUT2D eigenvalue weighted by atomic mass is 10.1. The van der Waals surface area contributed by atoms with E-state index < -0.39 is 12.1 Å². The summed E-state index contributed by atoms with van der Waals surface area (Å²) < 4.78 is 48.7. The molecule has 0 saturated carbocycles. The number of aliphatic carboxylic acids is 1. The van der Waals surface area contributed by atoms with Gasteiger partial charge in [0.1, 0.15) is 10.7 Å². The number of methoxy groups -OCH3 is 2. The largest absolute Gasteiger partial charge is 0.493 e. The summed E-state index contributed by atoms with van der Waals surface area (Å²) >= 11 is 4.79. The van der Waals surface area contributed by atoms with Crippen molar-refractivity contribution in [3.05, 3.63) is 81.5 Å². The molecular weight excluding hydrogens is 645 g/mol. The van der Waals surface area contributed by atoms with E-state index in [9.17, 15) is 18.0 Å². The molecule has 0 saturated heterocycles. The van der Waals surface area contributed by atoms with Crippen LogP contribution in [0.15, 0.2) is 69.8 Å². The summed E-state index contributed by atoms with van der Waals surface area (Å²) in [4.78, 5) is 26.8. The maximum Gasteiger partial charge on any atom is 0.490 e. The zero-order chi connectivity index (χ0) is 30.4. The fraction of sp³-hybridized carbons (Fsp3) is 0.148. The first kappa shape index (κ1) is 30.5. The summed E-state index contributed by atoms with van der Waals surface area (Å²) in [5, 5.41) is 20.3. The lowest BCUT2D eigenvalue weighted by molar-refractivity contribution is -0.192. The molecule has 5 aromatic rings. The molecule has 0 spiro atoms. The molecule has 3 aromatic heterocycles. The normalized spacial score (nSPS) is 11.0. The van der Waals surface area contributed by atoms with Crippen LogP contribution in [0.2, 0.25) is 0 Å². The molecule has 2 aromatic carbocycles. The van der Waals surface area contributed by atoms with E-state index >= 15 is 0 Å². The van der Waals surface area contributed by atoms with E-state index in [1.807, 2.05) is 36.4 Å². The zero-order valence-corrected chi connectivity index (χ0v) is 24.1. The summed E-state index contributed by atoms with van der Waals surface area (Å²) in [5.41, 5.74) is 2.70. The van der Waals surface area contributed by atoms with Crippen LogP contribution in [0.5, 0.6) is 11.5 Å². The maximum atomic E-state index is 13.3. The number of pyridine rings is 1. The maximum absolute atomic E-state index is 13.3. The minimum atomic E-state index is -5.08. The van der Waals surface area contributed by atoms with E-state index in [4.69, 9.17) is 23.8 Å². The molecule has 3 heterocycles. The number of fused-ring (bicyclic) bond motifs is 1. The first-order valence-corrected chi connectivity index (χ1v) is 13.4. The van der Waals surface area contributed by atoms with E-state index in [0.29, 0.717) is 51.0 Å². The van der Waals surface area contributed by atoms with Crippen LogP contribution in [0, 0.1) is 0 Å². The van der Waals surface area contributed by atoms with Crippen molar-refractivity contribution in [1.29, 1.82) is 0 Å². The Morgan fingerprint density at radius 1 is 1.05 bits per heavy atom. The first-order valence-electron chi connectivity index (χ1n) is 11.8. The first-order chi connectivity index (χ1) is 20.0. The third kappa shape index (κ3) is 7.41. The SMILES string of the molecule is COc1ccc(Cc2nnc(NC(=O)c3cc(-c4ccco4)nc4ccc(Br)cc34)s2)cc1OC.O=C(O)C(F)(F)F. The van der Waals surface area contributed by atoms with Crippen molar-refractivity contribution >= 4 is 55.2 Å². The number of rotatable bonds is 7. The number of carbonyl (C=O) groups excluding carboxylic acids is 1. The Balaban J connectivity index is 0.000000517. The highest BCUT2D eigenvalue weighted by molar-refractivity contribution is 9.10. The number of anilines is 1. The number of aromatic nitrogens is 3. The smallest absolute Gasteiger partial charge is 0.490 e. The Bertz CT molecular complexity index is 1730. The van der Waals surface area contributed by atoms with Crippen LogP contribution in [0.3, 0.4) is 0 Å². The number of alkyl halides is 3. The molecule has 5 rings (SSSR count). The van der Waals surface area contributed by atoms with Crippen LogP contribution in [0.4, 0.5) is 18.3 Å². The van der Waals surface area contributed by atoms with Crippen molar-refractivity contribution in [3.8, 4) is 23.0 Å². The molecule has 15 heteroatoms. The van der Waals surface area contributed by atoms with Gasteiger partial charge in [0.25, 0.3) is 5.91 Å². The average Bonchev–Trinajstić information content (AvgIpc) is 3.65. The highest BCUT2D eigenvalue weighted by Crippen LogP contribution is 2.31. The van der Waals surface area contributed by atoms with Crippen molar-refractivity contribution < 1.29 is 41.8 Å². The van der Waals surface area contributed by atoms with Crippen LogP contribution >= 0.6 is 27.3 Å². The second kappa shape index (κ2) is 13.0. The number of halogens is 4. The van der Waals surface area contributed by atoms with E-state index in [0.717, 1.165) is 15.0 Å². The molecule has 0 bridgehead atoms. The number of ether oxygens (including phenoxy) is 2. The molecule has 10 nitrogen and oxygen atoms in total. The zero-order valence-electron chi connectivity index (χ0n) is 21.7. The highest BCUT2D eigenvalue weighted by atomic mass is 79.9. The van der Waals surface area contributed by atoms with Crippen LogP contribution in [0.1, 0.15) is 20.9 Å². The number of carbonyl (C=O) groups is 2. The molecule has 0 aliphatic heterocycles. The Kier molecular flexibility index (Phi) is 9.42. The summed E-state index contributed by atoms with van der Waals surface area (Å²) in [5.74, 6) is -1.18. The van der Waals surface area contributed by atoms with Gasteiger partial charge >= 0.3 is 12.1 Å². The average molecular weight is 665 g/mol. The molecule has 0 radical (unpaired) electrons. The van der Waals surface area contributed by atoms with Gasteiger partial charge in [-0.3, -0.25) is 10.1 Å². The topological polar surface area (TPSA) is 137 Å². The predicted molar refractivity (Wildman–Crippen MR) is 151 cm³/mol. The van der Waals surface area contributed by atoms with Gasteiger partial charge in [-0.05, 0) is 54.1 Å². The summed E-state index contributed by atoms with van der Waals surface area (Å²) in [6.45, 7) is 0. The number of carboxylic acid groups (broad SMARTS) is 1. The Labute approximate surface area is 248 Å². The number of nitrogens with one attached hydrogen (secondary N) is 1. The summed E-state index contributed by atoms with van der Waals surface area (Å²) in [6.07, 6.45) is -2.97. The molecule has 42 heavy (non-hydrogen) atoms. The van der Waals surface area contributed by atoms with Gasteiger partial charge in [-0.2, -0.15) is 13.2 Å². The van der Waals surface area contributed by atoms with Gasteiger partial charge in [-0.1, -0.05) is 33.3 Å². The monoisotopic (exact) mass is 664 g/mol. The van der Waals surface area contributed by atoms with E-state index in [1.54, 1.807) is 38.7 Å². The summed E-state index contributed by atoms with van der Waals surface area (Å²) in [6, 6.07) is 16.6. The molecular formula is C27H20BrF3N4O6S. The van der Waals surface area contributed by atoms with Gasteiger partial charge in [0.15, 0.2) is 17.3 Å². The van der Waals surface area contributed by atoms with Crippen LogP contribution in [-0.4, -0.2) is 52.6 Å². The number of nitrogens with zero attached hydrogens (tertiary/aromatic N) is 3. The van der Waals surface area contributed by atoms with E-state index in [2.05, 4.69) is 36.4 Å². The van der Waals surface area contributed by atoms with Crippen LogP contribution in [0.25, 0.3) is 22.4 Å². The van der Waals surface area contributed by atoms with Crippen LogP contribution in [-0.2, 0) is 11.2 Å². The van der Waals surface area contributed by atoms with Crippen molar-refractivity contribution in [1.82, 2.24) is 15.2 Å². The molecule has 0 aliphatic carbocycles.